The maximum absolute atomic E-state index is 10.5. The van der Waals surface area contributed by atoms with Crippen LogP contribution in [0.3, 0.4) is 0 Å². The van der Waals surface area contributed by atoms with Crippen molar-refractivity contribution in [3.63, 3.8) is 0 Å². The fourth-order valence-electron chi connectivity index (χ4n) is 0.748. The molecule has 1 aromatic heterocycles. The van der Waals surface area contributed by atoms with Gasteiger partial charge in [-0.15, -0.1) is 0 Å². The molecule has 5 heteroatoms. The average molecular weight is 184 g/mol. The molecule has 0 spiro atoms. The van der Waals surface area contributed by atoms with Crippen molar-refractivity contribution in [3.05, 3.63) is 28.8 Å². The van der Waals surface area contributed by atoms with Gasteiger partial charge in [-0.05, 0) is 11.9 Å². The van der Waals surface area contributed by atoms with Gasteiger partial charge in [-0.3, -0.25) is 0 Å². The molecule has 4 nitrogen and oxygen atoms in total. The number of rotatable bonds is 2. The van der Waals surface area contributed by atoms with Gasteiger partial charge in [0, 0.05) is 0 Å². The molecule has 0 amide bonds. The summed E-state index contributed by atoms with van der Waals surface area (Å²) in [6.45, 7) is 0. The molecular formula is C7H5O4P. The minimum atomic E-state index is -1.20. The highest BCUT2D eigenvalue weighted by molar-refractivity contribution is 7.31. The van der Waals surface area contributed by atoms with Crippen molar-refractivity contribution in [3.8, 4) is 0 Å². The zero-order valence-corrected chi connectivity index (χ0v) is 6.78. The molecule has 0 atom stereocenters. The van der Waals surface area contributed by atoms with E-state index >= 15 is 0 Å². The highest BCUT2D eigenvalue weighted by atomic mass is 31.0. The van der Waals surface area contributed by atoms with Gasteiger partial charge >= 0.3 is 11.9 Å². The molecule has 12 heavy (non-hydrogen) atoms. The Kier molecular flexibility index (Phi) is 2.41. The Balaban J connectivity index is 3.27. The maximum Gasteiger partial charge on any atom is 0.341 e. The lowest BCUT2D eigenvalue weighted by Crippen LogP contribution is -2.04. The number of carboxylic acid groups (broad SMARTS) is 2. The van der Waals surface area contributed by atoms with Gasteiger partial charge in [0.1, 0.15) is 5.30 Å². The van der Waals surface area contributed by atoms with Gasteiger partial charge < -0.3 is 10.2 Å². The van der Waals surface area contributed by atoms with Crippen molar-refractivity contribution < 1.29 is 19.8 Å². The van der Waals surface area contributed by atoms with Crippen LogP contribution in [0.15, 0.2) is 17.9 Å². The second-order valence-corrected chi connectivity index (χ2v) is 3.01. The fourth-order valence-corrected chi connectivity index (χ4v) is 1.49. The summed E-state index contributed by atoms with van der Waals surface area (Å²) >= 11 is 0. The zero-order chi connectivity index (χ0) is 9.14. The molecule has 1 heterocycles. The van der Waals surface area contributed by atoms with Crippen molar-refractivity contribution in [2.75, 3.05) is 0 Å². The van der Waals surface area contributed by atoms with E-state index < -0.39 is 11.9 Å². The van der Waals surface area contributed by atoms with Crippen molar-refractivity contribution in [1.29, 1.82) is 0 Å². The van der Waals surface area contributed by atoms with Crippen LogP contribution < -0.4 is 0 Å². The Labute approximate surface area is 69.6 Å². The van der Waals surface area contributed by atoms with Gasteiger partial charge in [-0.2, -0.15) is 0 Å². The summed E-state index contributed by atoms with van der Waals surface area (Å²) in [6.07, 6.45) is 0. The highest BCUT2D eigenvalue weighted by Gasteiger charge is 2.14. The van der Waals surface area contributed by atoms with Crippen LogP contribution in [0.5, 0.6) is 0 Å². The summed E-state index contributed by atoms with van der Waals surface area (Å²) in [4.78, 5) is 21.0. The number of carboxylic acids is 2. The predicted molar refractivity (Wildman–Crippen MR) is 42.9 cm³/mol. The summed E-state index contributed by atoms with van der Waals surface area (Å²) in [5.74, 6) is -0.811. The SMILES string of the molecule is O=C(O)c1cccpc1C(=O)O. The first kappa shape index (κ1) is 8.68. The zero-order valence-electron chi connectivity index (χ0n) is 5.89. The van der Waals surface area contributed by atoms with E-state index in [9.17, 15) is 9.59 Å². The molecule has 0 aliphatic heterocycles. The topological polar surface area (TPSA) is 74.6 Å². The van der Waals surface area contributed by atoms with Gasteiger partial charge in [0.2, 0.25) is 0 Å². The van der Waals surface area contributed by atoms with Crippen molar-refractivity contribution in [2.24, 2.45) is 0 Å². The van der Waals surface area contributed by atoms with Crippen LogP contribution in [0.2, 0.25) is 0 Å². The normalized spacial score (nSPS) is 10.0. The van der Waals surface area contributed by atoms with Crippen LogP contribution in [-0.2, 0) is 0 Å². The Hall–Kier alpha value is -1.41. The molecule has 0 unspecified atom stereocenters. The smallest absolute Gasteiger partial charge is 0.341 e. The second kappa shape index (κ2) is 3.32. The Morgan fingerprint density at radius 3 is 2.33 bits per heavy atom. The van der Waals surface area contributed by atoms with E-state index in [1.807, 2.05) is 0 Å². The van der Waals surface area contributed by atoms with Gasteiger partial charge in [-0.1, -0.05) is 14.3 Å². The molecule has 0 fully saturated rings. The van der Waals surface area contributed by atoms with Crippen LogP contribution >= 0.6 is 8.19 Å². The number of hydrogen-bond acceptors (Lipinski definition) is 2. The van der Waals surface area contributed by atoms with E-state index in [0.29, 0.717) is 8.19 Å². The molecule has 0 aliphatic carbocycles. The second-order valence-electron chi connectivity index (χ2n) is 2.01. The molecule has 0 aliphatic rings. The van der Waals surface area contributed by atoms with E-state index in [-0.39, 0.29) is 10.9 Å². The lowest BCUT2D eigenvalue weighted by molar-refractivity contribution is 0.0655. The Bertz CT molecular complexity index is 301. The maximum atomic E-state index is 10.5. The van der Waals surface area contributed by atoms with Crippen molar-refractivity contribution in [1.82, 2.24) is 0 Å². The molecule has 62 valence electrons. The minimum Gasteiger partial charge on any atom is -0.478 e. The van der Waals surface area contributed by atoms with E-state index in [4.69, 9.17) is 10.2 Å². The molecule has 0 saturated carbocycles. The standard InChI is InChI=1S/C7H5O4P/c8-6(9)4-2-1-3-12-5(4)7(10)11/h1-3H,(H,8,9)(H,10,11). The minimum absolute atomic E-state index is 0.0926. The summed E-state index contributed by atoms with van der Waals surface area (Å²) in [5.41, 5.74) is -0.147. The Morgan fingerprint density at radius 2 is 1.92 bits per heavy atom. The summed E-state index contributed by atoms with van der Waals surface area (Å²) < 4.78 is 0. The fraction of sp³-hybridized carbons (Fsp3) is 0. The van der Waals surface area contributed by atoms with Crippen LogP contribution in [-0.4, -0.2) is 22.2 Å². The monoisotopic (exact) mass is 184 g/mol. The van der Waals surface area contributed by atoms with Gasteiger partial charge in [-0.25, -0.2) is 9.59 Å². The number of carbonyl (C=O) groups is 2. The quantitative estimate of drug-likeness (QED) is 0.732. The van der Waals surface area contributed by atoms with Crippen LogP contribution in [0.1, 0.15) is 20.4 Å². The highest BCUT2D eigenvalue weighted by Crippen LogP contribution is 2.18. The molecule has 1 aromatic rings. The van der Waals surface area contributed by atoms with Gasteiger partial charge in [0.05, 0.1) is 5.56 Å². The van der Waals surface area contributed by atoms with E-state index in [1.165, 1.54) is 12.1 Å². The molecule has 1 rings (SSSR count). The van der Waals surface area contributed by atoms with Gasteiger partial charge in [0.15, 0.2) is 0 Å². The first-order valence-corrected chi connectivity index (χ1v) is 4.01. The first-order chi connectivity index (χ1) is 5.63. The lowest BCUT2D eigenvalue weighted by Gasteiger charge is -1.97. The first-order valence-electron chi connectivity index (χ1n) is 3.04. The molecule has 0 saturated heterocycles. The van der Waals surface area contributed by atoms with Crippen LogP contribution in [0, 0.1) is 0 Å². The van der Waals surface area contributed by atoms with Crippen LogP contribution in [0.25, 0.3) is 0 Å². The van der Waals surface area contributed by atoms with E-state index in [0.717, 1.165) is 0 Å². The molecule has 0 aromatic carbocycles. The summed E-state index contributed by atoms with van der Waals surface area (Å²) in [5, 5.41) is 17.0. The van der Waals surface area contributed by atoms with Crippen LogP contribution in [0.4, 0.5) is 0 Å². The average Bonchev–Trinajstić information content (AvgIpc) is 2.04. The molecular weight excluding hydrogens is 179 g/mol. The lowest BCUT2D eigenvalue weighted by atomic mass is 10.2. The van der Waals surface area contributed by atoms with E-state index in [1.54, 1.807) is 5.80 Å². The third kappa shape index (κ3) is 1.60. The molecule has 0 radical (unpaired) electrons. The number of hydrogen-bond donors (Lipinski definition) is 2. The number of aromatic carboxylic acids is 2. The Morgan fingerprint density at radius 1 is 1.25 bits per heavy atom. The molecule has 2 N–H and O–H groups in total. The van der Waals surface area contributed by atoms with E-state index in [2.05, 4.69) is 0 Å². The predicted octanol–water partition coefficient (Wildman–Crippen LogP) is 1.66. The molecule has 0 bridgehead atoms. The third-order valence-electron chi connectivity index (χ3n) is 1.24. The summed E-state index contributed by atoms with van der Waals surface area (Å²) in [7, 11) is 0.414. The van der Waals surface area contributed by atoms with Crippen molar-refractivity contribution >= 4 is 20.1 Å². The summed E-state index contributed by atoms with van der Waals surface area (Å²) in [6, 6.07) is 2.81. The van der Waals surface area contributed by atoms with Gasteiger partial charge in [0.25, 0.3) is 0 Å². The largest absolute Gasteiger partial charge is 0.478 e. The third-order valence-corrected chi connectivity index (χ3v) is 2.25. The van der Waals surface area contributed by atoms with Crippen molar-refractivity contribution in [2.45, 2.75) is 0 Å².